The zero-order valence-corrected chi connectivity index (χ0v) is 21.4. The number of anilines is 1. The predicted molar refractivity (Wildman–Crippen MR) is 141 cm³/mol. The molecular weight excluding hydrogens is 494 g/mol. The van der Waals surface area contributed by atoms with Gasteiger partial charge < -0.3 is 20.2 Å². The van der Waals surface area contributed by atoms with Crippen LogP contribution in [-0.4, -0.2) is 88.2 Å². The van der Waals surface area contributed by atoms with E-state index in [1.54, 1.807) is 29.2 Å². The number of nitrogens with zero attached hydrogens (tertiary/aromatic N) is 4. The molecule has 3 aliphatic rings. The number of aliphatic hydroxyl groups is 1. The molecule has 5 amide bonds. The summed E-state index contributed by atoms with van der Waals surface area (Å²) in [6.07, 6.45) is 2.47. The molecule has 3 aliphatic heterocycles. The van der Waals surface area contributed by atoms with E-state index in [0.717, 1.165) is 17.7 Å². The van der Waals surface area contributed by atoms with Gasteiger partial charge in [-0.1, -0.05) is 48.0 Å². The lowest BCUT2D eigenvalue weighted by Gasteiger charge is -2.39. The molecular formula is C27H30ClN5O4. The Morgan fingerprint density at radius 3 is 2.51 bits per heavy atom. The molecule has 1 atom stereocenters. The summed E-state index contributed by atoms with van der Waals surface area (Å²) in [5.41, 5.74) is 3.03. The number of halogens is 1. The van der Waals surface area contributed by atoms with E-state index in [-0.39, 0.29) is 24.5 Å². The monoisotopic (exact) mass is 523 g/mol. The van der Waals surface area contributed by atoms with Crippen LogP contribution in [0, 0.1) is 0 Å². The third-order valence-corrected chi connectivity index (χ3v) is 7.71. The molecule has 3 heterocycles. The number of carbonyl (C=O) groups excluding carboxylic acids is 3. The fraction of sp³-hybridized carbons (Fsp3) is 0.370. The normalized spacial score (nSPS) is 20.8. The summed E-state index contributed by atoms with van der Waals surface area (Å²) in [4.78, 5) is 45.0. The second kappa shape index (κ2) is 10.4. The molecule has 2 aromatic rings. The molecule has 37 heavy (non-hydrogen) atoms. The van der Waals surface area contributed by atoms with Crippen LogP contribution in [0.15, 0.2) is 54.7 Å². The zero-order valence-electron chi connectivity index (χ0n) is 20.6. The Bertz CT molecular complexity index is 1240. The number of carbonyl (C=O) groups is 3. The lowest BCUT2D eigenvalue weighted by atomic mass is 10.0. The van der Waals surface area contributed by atoms with Crippen LogP contribution in [0.3, 0.4) is 0 Å². The Hall–Kier alpha value is -3.56. The van der Waals surface area contributed by atoms with Crippen LogP contribution in [0.2, 0.25) is 5.02 Å². The highest BCUT2D eigenvalue weighted by molar-refractivity contribution is 6.32. The van der Waals surface area contributed by atoms with Gasteiger partial charge in [-0.3, -0.25) is 14.6 Å². The molecule has 9 nitrogen and oxygen atoms in total. The van der Waals surface area contributed by atoms with E-state index >= 15 is 0 Å². The third-order valence-electron chi connectivity index (χ3n) is 7.38. The van der Waals surface area contributed by atoms with Crippen LogP contribution in [0.4, 0.5) is 15.3 Å². The maximum absolute atomic E-state index is 13.2. The molecule has 1 unspecified atom stereocenters. The molecule has 0 bridgehead atoms. The predicted octanol–water partition coefficient (Wildman–Crippen LogP) is 3.45. The number of hydrogen-bond acceptors (Lipinski definition) is 4. The average Bonchev–Trinajstić information content (AvgIpc) is 3.07. The second-order valence-electron chi connectivity index (χ2n) is 9.60. The first-order valence-corrected chi connectivity index (χ1v) is 12.8. The fourth-order valence-electron chi connectivity index (χ4n) is 5.23. The van der Waals surface area contributed by atoms with Crippen molar-refractivity contribution in [3.8, 4) is 0 Å². The topological polar surface area (TPSA) is 96.4 Å². The smallest absolute Gasteiger partial charge is 0.326 e. The minimum Gasteiger partial charge on any atom is -0.369 e. The van der Waals surface area contributed by atoms with Gasteiger partial charge in [-0.15, -0.1) is 0 Å². The molecule has 1 saturated heterocycles. The first-order chi connectivity index (χ1) is 17.8. The highest BCUT2D eigenvalue weighted by Crippen LogP contribution is 2.31. The van der Waals surface area contributed by atoms with E-state index in [1.807, 2.05) is 29.2 Å². The molecule has 1 fully saturated rings. The van der Waals surface area contributed by atoms with Gasteiger partial charge in [0.25, 0.3) is 0 Å². The summed E-state index contributed by atoms with van der Waals surface area (Å²) in [6, 6.07) is 14.4. The maximum Gasteiger partial charge on any atom is 0.326 e. The van der Waals surface area contributed by atoms with Gasteiger partial charge >= 0.3 is 12.1 Å². The molecule has 0 aromatic heterocycles. The number of piperidine rings is 1. The van der Waals surface area contributed by atoms with Crippen LogP contribution < -0.4 is 5.32 Å². The van der Waals surface area contributed by atoms with E-state index in [2.05, 4.69) is 5.32 Å². The molecule has 0 aliphatic carbocycles. The van der Waals surface area contributed by atoms with Gasteiger partial charge in [0.15, 0.2) is 6.23 Å². The van der Waals surface area contributed by atoms with Crippen molar-refractivity contribution in [3.63, 3.8) is 0 Å². The van der Waals surface area contributed by atoms with Crippen LogP contribution in [-0.2, 0) is 11.2 Å². The Morgan fingerprint density at radius 1 is 1.05 bits per heavy atom. The number of fused-ring (bicyclic) bond motifs is 1. The second-order valence-corrected chi connectivity index (χ2v) is 10.0. The van der Waals surface area contributed by atoms with Crippen LogP contribution in [0.25, 0.3) is 5.57 Å². The van der Waals surface area contributed by atoms with E-state index in [9.17, 15) is 19.5 Å². The van der Waals surface area contributed by atoms with Gasteiger partial charge in [0.2, 0.25) is 5.91 Å². The zero-order chi connectivity index (χ0) is 26.1. The van der Waals surface area contributed by atoms with Gasteiger partial charge in [-0.05, 0) is 37.0 Å². The summed E-state index contributed by atoms with van der Waals surface area (Å²) in [7, 11) is 1.49. The number of rotatable bonds is 4. The SMILES string of the molecule is CN1C(=O)N(CC(=O)N2CCC(N3CCc4ccccc4NC3=O)CC2)C=C(c2ccccc2Cl)C1O. The highest BCUT2D eigenvalue weighted by Gasteiger charge is 2.35. The summed E-state index contributed by atoms with van der Waals surface area (Å²) in [6.45, 7) is 1.49. The van der Waals surface area contributed by atoms with Gasteiger partial charge in [0.1, 0.15) is 6.54 Å². The Morgan fingerprint density at radius 2 is 1.76 bits per heavy atom. The Balaban J connectivity index is 1.22. The number of benzene rings is 2. The van der Waals surface area contributed by atoms with Crippen molar-refractivity contribution in [1.29, 1.82) is 0 Å². The molecule has 2 aromatic carbocycles. The number of hydrogen-bond donors (Lipinski definition) is 2. The number of likely N-dealkylation sites (N-methyl/N-ethyl adjacent to an activating group) is 1. The number of amides is 5. The van der Waals surface area contributed by atoms with Crippen molar-refractivity contribution in [3.05, 3.63) is 70.9 Å². The van der Waals surface area contributed by atoms with E-state index < -0.39 is 12.3 Å². The summed E-state index contributed by atoms with van der Waals surface area (Å²) >= 11 is 6.33. The minimum absolute atomic E-state index is 0.0444. The quantitative estimate of drug-likeness (QED) is 0.641. The number of likely N-dealkylation sites (tertiary alicyclic amines) is 1. The van der Waals surface area contributed by atoms with Crippen molar-refractivity contribution in [2.45, 2.75) is 31.5 Å². The Labute approximate surface area is 220 Å². The standard InChI is InChI=1S/C27H30ClN5O4/c1-30-25(35)21(20-7-3-4-8-22(20)28)16-32(27(30)37)17-24(34)31-13-11-19(12-14-31)33-15-10-18-6-2-5-9-23(18)29-26(33)36/h2-9,16,19,25,35H,10-15,17H2,1H3,(H,29,36). The first-order valence-electron chi connectivity index (χ1n) is 12.4. The lowest BCUT2D eigenvalue weighted by molar-refractivity contribution is -0.133. The summed E-state index contributed by atoms with van der Waals surface area (Å²) in [5, 5.41) is 14.1. The van der Waals surface area contributed by atoms with Gasteiger partial charge in [0.05, 0.1) is 0 Å². The van der Waals surface area contributed by atoms with Crippen molar-refractivity contribution in [1.82, 2.24) is 19.6 Å². The van der Waals surface area contributed by atoms with E-state index in [4.69, 9.17) is 11.6 Å². The molecule has 0 spiro atoms. The first kappa shape index (κ1) is 25.1. The van der Waals surface area contributed by atoms with Crippen LogP contribution in [0.5, 0.6) is 0 Å². The largest absolute Gasteiger partial charge is 0.369 e. The molecule has 10 heteroatoms. The molecule has 2 N–H and O–H groups in total. The lowest BCUT2D eigenvalue weighted by Crippen LogP contribution is -2.54. The number of para-hydroxylation sites is 1. The number of aliphatic hydroxyl groups excluding tert-OH is 1. The number of nitrogens with one attached hydrogen (secondary N) is 1. The summed E-state index contributed by atoms with van der Waals surface area (Å²) in [5.74, 6) is -0.181. The highest BCUT2D eigenvalue weighted by atomic mass is 35.5. The third kappa shape index (κ3) is 5.01. The molecule has 5 rings (SSSR count). The van der Waals surface area contributed by atoms with Crippen molar-refractivity contribution in [2.24, 2.45) is 0 Å². The molecule has 0 radical (unpaired) electrons. The van der Waals surface area contributed by atoms with Crippen molar-refractivity contribution in [2.75, 3.05) is 38.5 Å². The fourth-order valence-corrected chi connectivity index (χ4v) is 5.48. The van der Waals surface area contributed by atoms with E-state index in [0.29, 0.717) is 48.6 Å². The Kier molecular flexibility index (Phi) is 7.08. The maximum atomic E-state index is 13.2. The van der Waals surface area contributed by atoms with Crippen molar-refractivity contribution < 1.29 is 19.5 Å². The van der Waals surface area contributed by atoms with Crippen molar-refractivity contribution >= 4 is 40.8 Å². The minimum atomic E-state index is -1.17. The average molecular weight is 524 g/mol. The summed E-state index contributed by atoms with van der Waals surface area (Å²) < 4.78 is 0. The van der Waals surface area contributed by atoms with E-state index in [1.165, 1.54) is 23.0 Å². The molecule has 0 saturated carbocycles. The van der Waals surface area contributed by atoms with Gasteiger partial charge in [-0.25, -0.2) is 9.59 Å². The van der Waals surface area contributed by atoms with Gasteiger partial charge in [-0.2, -0.15) is 0 Å². The number of urea groups is 2. The van der Waals surface area contributed by atoms with Gasteiger partial charge in [0, 0.05) is 60.8 Å². The van der Waals surface area contributed by atoms with Crippen LogP contribution in [0.1, 0.15) is 24.0 Å². The molecule has 194 valence electrons. The van der Waals surface area contributed by atoms with Crippen LogP contribution >= 0.6 is 11.6 Å².